The van der Waals surface area contributed by atoms with Crippen LogP contribution in [0.4, 0.5) is 14.9 Å². The van der Waals surface area contributed by atoms with E-state index in [1.807, 2.05) is 35.1 Å². The van der Waals surface area contributed by atoms with Gasteiger partial charge in [-0.2, -0.15) is 8.42 Å². The first-order chi connectivity index (χ1) is 16.9. The minimum Gasteiger partial charge on any atom is -0.487 e. The summed E-state index contributed by atoms with van der Waals surface area (Å²) in [4.78, 5) is 23.9. The normalized spacial score (nSPS) is 18.8. The van der Waals surface area contributed by atoms with Crippen molar-refractivity contribution < 1.29 is 31.9 Å². The Morgan fingerprint density at radius 3 is 2.61 bits per heavy atom. The van der Waals surface area contributed by atoms with E-state index in [-0.39, 0.29) is 36.9 Å². The molecule has 1 saturated heterocycles. The van der Waals surface area contributed by atoms with Crippen molar-refractivity contribution in [3.63, 3.8) is 0 Å². The third-order valence-electron chi connectivity index (χ3n) is 5.95. The van der Waals surface area contributed by atoms with Crippen LogP contribution in [-0.2, 0) is 39.2 Å². The summed E-state index contributed by atoms with van der Waals surface area (Å²) in [7, 11) is -4.26. The molecular formula is C25H30FN3O6S. The molecule has 0 spiro atoms. The maximum Gasteiger partial charge on any atom is 0.407 e. The van der Waals surface area contributed by atoms with Gasteiger partial charge in [0.1, 0.15) is 30.2 Å². The maximum absolute atomic E-state index is 16.0. The summed E-state index contributed by atoms with van der Waals surface area (Å²) in [6.07, 6.45) is 0.963. The first kappa shape index (κ1) is 25.7. The number of nitrogens with zero attached hydrogens (tertiary/aromatic N) is 1. The van der Waals surface area contributed by atoms with Gasteiger partial charge in [0.2, 0.25) is 0 Å². The molecule has 1 atom stereocenters. The highest BCUT2D eigenvalue weighted by molar-refractivity contribution is 7.92. The topological polar surface area (TPSA) is 114 Å². The van der Waals surface area contributed by atoms with E-state index in [1.165, 1.54) is 0 Å². The van der Waals surface area contributed by atoms with Crippen molar-refractivity contribution in [2.24, 2.45) is 5.92 Å². The molecule has 1 aliphatic heterocycles. The summed E-state index contributed by atoms with van der Waals surface area (Å²) in [6, 6.07) is 10.9. The van der Waals surface area contributed by atoms with Crippen molar-refractivity contribution in [2.75, 3.05) is 17.4 Å². The summed E-state index contributed by atoms with van der Waals surface area (Å²) < 4.78 is 55.0. The largest absolute Gasteiger partial charge is 0.487 e. The number of alkyl carbamates (subject to hydrolysis) is 1. The van der Waals surface area contributed by atoms with Gasteiger partial charge < -0.3 is 14.8 Å². The Balaban J connectivity index is 1.61. The summed E-state index contributed by atoms with van der Waals surface area (Å²) in [6.45, 7) is 5.15. The third-order valence-corrected chi connectivity index (χ3v) is 7.33. The fourth-order valence-electron chi connectivity index (χ4n) is 4.34. The van der Waals surface area contributed by atoms with E-state index in [4.69, 9.17) is 9.47 Å². The van der Waals surface area contributed by atoms with Crippen LogP contribution in [0.5, 0.6) is 5.75 Å². The highest BCUT2D eigenvalue weighted by Crippen LogP contribution is 2.41. The van der Waals surface area contributed by atoms with Gasteiger partial charge in [0.05, 0.1) is 0 Å². The molecule has 0 aromatic heterocycles. The average Bonchev–Trinajstić information content (AvgIpc) is 3.07. The van der Waals surface area contributed by atoms with Crippen LogP contribution < -0.4 is 19.1 Å². The number of hydrogen-bond donors (Lipinski definition) is 2. The minimum absolute atomic E-state index is 0.0560. The molecule has 2 aromatic carbocycles. The van der Waals surface area contributed by atoms with Crippen molar-refractivity contribution >= 4 is 27.9 Å². The molecule has 2 N–H and O–H groups in total. The Bertz CT molecular complexity index is 1260. The smallest absolute Gasteiger partial charge is 0.407 e. The number of nitrogens with one attached hydrogen (secondary N) is 2. The quantitative estimate of drug-likeness (QED) is 0.606. The third kappa shape index (κ3) is 5.89. The number of benzene rings is 2. The Morgan fingerprint density at radius 2 is 1.97 bits per heavy atom. The van der Waals surface area contributed by atoms with E-state index in [0.29, 0.717) is 28.3 Å². The number of carbonyl (C=O) groups excluding carboxylic acids is 2. The van der Waals surface area contributed by atoms with E-state index >= 15 is 4.39 Å². The minimum atomic E-state index is -4.26. The van der Waals surface area contributed by atoms with Crippen LogP contribution in [-0.4, -0.2) is 39.1 Å². The van der Waals surface area contributed by atoms with E-state index in [0.717, 1.165) is 5.56 Å². The number of hydrogen-bond acceptors (Lipinski definition) is 6. The molecule has 1 unspecified atom stereocenters. The van der Waals surface area contributed by atoms with Crippen LogP contribution >= 0.6 is 0 Å². The summed E-state index contributed by atoms with van der Waals surface area (Å²) in [5.74, 6) is -1.50. The Hall–Kier alpha value is -3.34. The van der Waals surface area contributed by atoms with Gasteiger partial charge in [-0.15, -0.1) is 0 Å². The number of ether oxygens (including phenoxy) is 2. The van der Waals surface area contributed by atoms with Gasteiger partial charge in [-0.3, -0.25) is 4.79 Å². The van der Waals surface area contributed by atoms with Crippen LogP contribution in [0.25, 0.3) is 0 Å². The lowest BCUT2D eigenvalue weighted by molar-refractivity contribution is -0.117. The molecule has 11 heteroatoms. The highest BCUT2D eigenvalue weighted by Gasteiger charge is 2.39. The zero-order chi connectivity index (χ0) is 26.1. The van der Waals surface area contributed by atoms with E-state index in [9.17, 15) is 18.0 Å². The zero-order valence-corrected chi connectivity index (χ0v) is 21.3. The second kappa shape index (κ2) is 9.96. The van der Waals surface area contributed by atoms with Crippen LogP contribution in [0.3, 0.4) is 0 Å². The molecule has 2 amide bonds. The van der Waals surface area contributed by atoms with Crippen LogP contribution in [0, 0.1) is 11.7 Å². The second-order valence-corrected chi connectivity index (χ2v) is 11.6. The molecular weight excluding hydrogens is 489 g/mol. The lowest BCUT2D eigenvalue weighted by Crippen LogP contribution is -2.37. The van der Waals surface area contributed by atoms with Crippen molar-refractivity contribution in [3.05, 3.63) is 58.9 Å². The maximum atomic E-state index is 16.0. The zero-order valence-electron chi connectivity index (χ0n) is 20.5. The highest BCUT2D eigenvalue weighted by atomic mass is 32.2. The first-order valence-corrected chi connectivity index (χ1v) is 13.2. The molecule has 1 aliphatic carbocycles. The van der Waals surface area contributed by atoms with Gasteiger partial charge in [-0.05, 0) is 68.7 Å². The molecule has 9 nitrogen and oxygen atoms in total. The molecule has 4 rings (SSSR count). The lowest BCUT2D eigenvalue weighted by atomic mass is 9.83. The molecule has 2 aliphatic rings. The van der Waals surface area contributed by atoms with Crippen molar-refractivity contribution in [3.8, 4) is 5.75 Å². The van der Waals surface area contributed by atoms with Gasteiger partial charge in [0.25, 0.3) is 5.91 Å². The van der Waals surface area contributed by atoms with Crippen LogP contribution in [0.1, 0.15) is 43.9 Å². The van der Waals surface area contributed by atoms with Crippen LogP contribution in [0.15, 0.2) is 36.4 Å². The van der Waals surface area contributed by atoms with Crippen LogP contribution in [0.2, 0.25) is 0 Å². The summed E-state index contributed by atoms with van der Waals surface area (Å²) in [5.41, 5.74) is 0.974. The first-order valence-electron chi connectivity index (χ1n) is 11.7. The van der Waals surface area contributed by atoms with Gasteiger partial charge >= 0.3 is 16.3 Å². The molecule has 36 heavy (non-hydrogen) atoms. The molecule has 0 bridgehead atoms. The number of fused-ring (bicyclic) bond motifs is 1. The fraction of sp³-hybridized carbons (Fsp3) is 0.440. The average molecular weight is 520 g/mol. The standard InChI is InChI=1S/C25H30FN3O6S/c1-25(2,3)35-24(31)27-13-17-9-10-18-12-20(34-15-16-7-5-4-6-8-16)23(22(26)19(18)11-17)29-14-21(30)28-36(29,32)33/h4-8,12,17H,9-11,13-15H2,1-3H3,(H,27,31)(H,28,30). The summed E-state index contributed by atoms with van der Waals surface area (Å²) in [5, 5.41) is 2.73. The second-order valence-electron chi connectivity index (χ2n) is 9.98. The van der Waals surface area contributed by atoms with Crippen molar-refractivity contribution in [1.82, 2.24) is 10.0 Å². The molecule has 194 valence electrons. The van der Waals surface area contributed by atoms with Gasteiger partial charge in [-0.1, -0.05) is 30.3 Å². The van der Waals surface area contributed by atoms with E-state index < -0.39 is 40.2 Å². The van der Waals surface area contributed by atoms with Crippen molar-refractivity contribution in [2.45, 2.75) is 52.2 Å². The van der Waals surface area contributed by atoms with E-state index in [1.54, 1.807) is 26.8 Å². The Labute approximate surface area is 210 Å². The van der Waals surface area contributed by atoms with Gasteiger partial charge in [-0.25, -0.2) is 18.2 Å². The molecule has 0 saturated carbocycles. The SMILES string of the molecule is CC(C)(C)OC(=O)NCC1CCc2cc(OCc3ccccc3)c(N3CC(=O)NS3(=O)=O)c(F)c2C1. The Morgan fingerprint density at radius 1 is 1.25 bits per heavy atom. The van der Waals surface area contributed by atoms with Gasteiger partial charge in [0, 0.05) is 6.54 Å². The number of anilines is 1. The number of carbonyl (C=O) groups is 2. The number of rotatable bonds is 6. The van der Waals surface area contributed by atoms with Crippen molar-refractivity contribution in [1.29, 1.82) is 0 Å². The predicted octanol–water partition coefficient (Wildman–Crippen LogP) is 3.22. The monoisotopic (exact) mass is 519 g/mol. The predicted molar refractivity (Wildman–Crippen MR) is 131 cm³/mol. The number of aryl methyl sites for hydroxylation is 1. The molecule has 2 aromatic rings. The Kier molecular flexibility index (Phi) is 7.12. The summed E-state index contributed by atoms with van der Waals surface area (Å²) >= 11 is 0. The fourth-order valence-corrected chi connectivity index (χ4v) is 5.50. The lowest BCUT2D eigenvalue weighted by Gasteiger charge is -2.29. The molecule has 0 radical (unpaired) electrons. The number of amides is 2. The van der Waals surface area contributed by atoms with E-state index in [2.05, 4.69) is 5.32 Å². The molecule has 1 heterocycles. The number of halogens is 1. The van der Waals surface area contributed by atoms with Gasteiger partial charge in [0.15, 0.2) is 5.82 Å². The molecule has 1 fully saturated rings.